The maximum atomic E-state index is 11.6. The normalized spacial score (nSPS) is 15.0. The van der Waals surface area contributed by atoms with Crippen molar-refractivity contribution in [1.29, 1.82) is 0 Å². The summed E-state index contributed by atoms with van der Waals surface area (Å²) in [7, 11) is 1.07. The van der Waals surface area contributed by atoms with Crippen LogP contribution in [-0.2, 0) is 14.3 Å². The van der Waals surface area contributed by atoms with Gasteiger partial charge in [0.2, 0.25) is 0 Å². The second-order valence-corrected chi connectivity index (χ2v) is 4.09. The molecule has 0 aromatic heterocycles. The summed E-state index contributed by atoms with van der Waals surface area (Å²) in [5.74, 6) is -1.62. The highest BCUT2D eigenvalue weighted by Gasteiger charge is 2.30. The minimum Gasteiger partial charge on any atom is -0.467 e. The first-order valence-corrected chi connectivity index (χ1v) is 5.89. The minimum atomic E-state index is -1.79. The third-order valence-electron chi connectivity index (χ3n) is 2.62. The second-order valence-electron chi connectivity index (χ2n) is 4.09. The van der Waals surface area contributed by atoms with Gasteiger partial charge in [0.05, 0.1) is 18.7 Å². The zero-order chi connectivity index (χ0) is 15.1. The van der Waals surface area contributed by atoms with Gasteiger partial charge in [0.25, 0.3) is 0 Å². The van der Waals surface area contributed by atoms with Gasteiger partial charge in [-0.15, -0.1) is 0 Å². The van der Waals surface area contributed by atoms with E-state index in [1.54, 1.807) is 30.3 Å². The molecule has 7 nitrogen and oxygen atoms in total. The topological polar surface area (TPSA) is 119 Å². The third-order valence-corrected chi connectivity index (χ3v) is 2.62. The molecular formula is C13H17NO6. The zero-order valence-corrected chi connectivity index (χ0v) is 10.9. The van der Waals surface area contributed by atoms with Crippen LogP contribution < -0.4 is 5.73 Å². The zero-order valence-electron chi connectivity index (χ0n) is 10.9. The Labute approximate surface area is 115 Å². The van der Waals surface area contributed by atoms with Crippen LogP contribution in [0.3, 0.4) is 0 Å². The molecule has 0 spiro atoms. The molecule has 0 bridgehead atoms. The smallest absolute Gasteiger partial charge is 0.338 e. The predicted molar refractivity (Wildman–Crippen MR) is 68.7 cm³/mol. The van der Waals surface area contributed by atoms with E-state index in [4.69, 9.17) is 10.5 Å². The Bertz CT molecular complexity index is 449. The van der Waals surface area contributed by atoms with E-state index in [-0.39, 0.29) is 6.61 Å². The summed E-state index contributed by atoms with van der Waals surface area (Å²) in [5, 5.41) is 19.0. The van der Waals surface area contributed by atoms with Crippen molar-refractivity contribution in [2.24, 2.45) is 5.73 Å². The summed E-state index contributed by atoms with van der Waals surface area (Å²) in [4.78, 5) is 22.6. The second kappa shape index (κ2) is 7.59. The summed E-state index contributed by atoms with van der Waals surface area (Å²) >= 11 is 0. The van der Waals surface area contributed by atoms with Crippen LogP contribution in [0.2, 0.25) is 0 Å². The molecule has 3 atom stereocenters. The Kier molecular flexibility index (Phi) is 6.10. The molecule has 0 aliphatic heterocycles. The molecule has 1 rings (SSSR count). The first-order chi connectivity index (χ1) is 9.47. The summed E-state index contributed by atoms with van der Waals surface area (Å²) in [6, 6.07) is 7.11. The lowest BCUT2D eigenvalue weighted by Gasteiger charge is -2.21. The maximum Gasteiger partial charge on any atom is 0.338 e. The number of carbonyl (C=O) groups excluding carboxylic acids is 2. The highest BCUT2D eigenvalue weighted by Crippen LogP contribution is 2.04. The van der Waals surface area contributed by atoms with Gasteiger partial charge in [0, 0.05) is 0 Å². The molecule has 0 saturated heterocycles. The Balaban J connectivity index is 2.49. The van der Waals surface area contributed by atoms with Crippen molar-refractivity contribution in [3.05, 3.63) is 35.9 Å². The van der Waals surface area contributed by atoms with Crippen molar-refractivity contribution >= 4 is 11.9 Å². The molecule has 0 aliphatic carbocycles. The van der Waals surface area contributed by atoms with Crippen molar-refractivity contribution in [2.75, 3.05) is 13.7 Å². The van der Waals surface area contributed by atoms with Gasteiger partial charge in [-0.05, 0) is 12.1 Å². The SMILES string of the molecule is COC(=O)[C@H](O)[C@H](O)[C@@H](N)COC(=O)c1ccccc1. The first-order valence-electron chi connectivity index (χ1n) is 5.89. The molecule has 0 heterocycles. The van der Waals surface area contributed by atoms with Crippen molar-refractivity contribution in [2.45, 2.75) is 18.2 Å². The third kappa shape index (κ3) is 4.30. The fraction of sp³-hybridized carbons (Fsp3) is 0.385. The molecule has 0 aliphatic rings. The Morgan fingerprint density at radius 1 is 1.25 bits per heavy atom. The maximum absolute atomic E-state index is 11.6. The standard InChI is InChI=1S/C13H17NO6/c1-19-13(18)11(16)10(15)9(14)7-20-12(17)8-5-3-2-4-6-8/h2-6,9-11,15-16H,7,14H2,1H3/t9-,10+,11+/m0/s1. The number of hydrogen-bond acceptors (Lipinski definition) is 7. The largest absolute Gasteiger partial charge is 0.467 e. The van der Waals surface area contributed by atoms with E-state index >= 15 is 0 Å². The van der Waals surface area contributed by atoms with Gasteiger partial charge in [0.1, 0.15) is 12.7 Å². The number of hydrogen-bond donors (Lipinski definition) is 3. The monoisotopic (exact) mass is 283 g/mol. The summed E-state index contributed by atoms with van der Waals surface area (Å²) in [5.41, 5.74) is 5.88. The number of carbonyl (C=O) groups is 2. The average Bonchev–Trinajstić information content (AvgIpc) is 2.50. The molecule has 1 aromatic rings. The molecule has 0 fully saturated rings. The molecule has 0 amide bonds. The van der Waals surface area contributed by atoms with Crippen molar-refractivity contribution in [3.63, 3.8) is 0 Å². The van der Waals surface area contributed by atoms with Crippen LogP contribution in [-0.4, -0.2) is 54.1 Å². The van der Waals surface area contributed by atoms with E-state index in [2.05, 4.69) is 4.74 Å². The lowest BCUT2D eigenvalue weighted by molar-refractivity contribution is -0.157. The van der Waals surface area contributed by atoms with Crippen molar-refractivity contribution in [3.8, 4) is 0 Å². The number of methoxy groups -OCH3 is 1. The summed E-state index contributed by atoms with van der Waals surface area (Å²) in [6.45, 7) is -0.344. The van der Waals surface area contributed by atoms with E-state index in [1.807, 2.05) is 0 Å². The Hall–Kier alpha value is -1.96. The van der Waals surface area contributed by atoms with Gasteiger partial charge < -0.3 is 25.4 Å². The molecule has 110 valence electrons. The number of aliphatic hydroxyl groups excluding tert-OH is 2. The quantitative estimate of drug-likeness (QED) is 0.577. The van der Waals surface area contributed by atoms with Crippen LogP contribution in [0.4, 0.5) is 0 Å². The number of benzene rings is 1. The van der Waals surface area contributed by atoms with E-state index in [1.165, 1.54) is 0 Å². The summed E-state index contributed by atoms with van der Waals surface area (Å²) in [6.07, 6.45) is -3.38. The predicted octanol–water partition coefficient (Wildman–Crippen LogP) is -0.934. The van der Waals surface area contributed by atoms with Crippen LogP contribution in [0.15, 0.2) is 30.3 Å². The lowest BCUT2D eigenvalue weighted by atomic mass is 10.1. The Morgan fingerprint density at radius 2 is 1.85 bits per heavy atom. The molecule has 1 aromatic carbocycles. The fourth-order valence-corrected chi connectivity index (χ4v) is 1.42. The first kappa shape index (κ1) is 16.1. The van der Waals surface area contributed by atoms with Gasteiger partial charge in [-0.25, -0.2) is 9.59 Å². The van der Waals surface area contributed by atoms with E-state index < -0.39 is 30.2 Å². The van der Waals surface area contributed by atoms with Crippen LogP contribution in [0.5, 0.6) is 0 Å². The van der Waals surface area contributed by atoms with Gasteiger partial charge in [0.15, 0.2) is 6.10 Å². The van der Waals surface area contributed by atoms with Crippen LogP contribution in [0.25, 0.3) is 0 Å². The fourth-order valence-electron chi connectivity index (χ4n) is 1.42. The lowest BCUT2D eigenvalue weighted by Crippen LogP contribution is -2.49. The molecule has 20 heavy (non-hydrogen) atoms. The van der Waals surface area contributed by atoms with E-state index in [0.29, 0.717) is 5.56 Å². The van der Waals surface area contributed by atoms with E-state index in [9.17, 15) is 19.8 Å². The van der Waals surface area contributed by atoms with Gasteiger partial charge in [-0.2, -0.15) is 0 Å². The molecule has 0 saturated carbocycles. The van der Waals surface area contributed by atoms with Gasteiger partial charge in [-0.1, -0.05) is 18.2 Å². The minimum absolute atomic E-state index is 0.336. The highest BCUT2D eigenvalue weighted by molar-refractivity contribution is 5.89. The highest BCUT2D eigenvalue weighted by atomic mass is 16.5. The molecule has 4 N–H and O–H groups in total. The van der Waals surface area contributed by atoms with Crippen LogP contribution in [0, 0.1) is 0 Å². The van der Waals surface area contributed by atoms with Crippen molar-refractivity contribution < 1.29 is 29.3 Å². The Morgan fingerprint density at radius 3 is 2.40 bits per heavy atom. The summed E-state index contributed by atoms with van der Waals surface area (Å²) < 4.78 is 9.15. The molecule has 0 unspecified atom stereocenters. The number of ether oxygens (including phenoxy) is 2. The van der Waals surface area contributed by atoms with Gasteiger partial charge >= 0.3 is 11.9 Å². The molecular weight excluding hydrogens is 266 g/mol. The number of aliphatic hydroxyl groups is 2. The number of rotatable bonds is 6. The van der Waals surface area contributed by atoms with Crippen LogP contribution in [0.1, 0.15) is 10.4 Å². The molecule has 0 radical (unpaired) electrons. The average molecular weight is 283 g/mol. The molecule has 7 heteroatoms. The van der Waals surface area contributed by atoms with Crippen molar-refractivity contribution in [1.82, 2.24) is 0 Å². The number of esters is 2. The van der Waals surface area contributed by atoms with Crippen LogP contribution >= 0.6 is 0 Å². The number of nitrogens with two attached hydrogens (primary N) is 1. The van der Waals surface area contributed by atoms with E-state index in [0.717, 1.165) is 7.11 Å². The van der Waals surface area contributed by atoms with Gasteiger partial charge in [-0.3, -0.25) is 0 Å².